The number of nitrogens with one attached hydrogen (secondary N) is 1. The van der Waals surface area contributed by atoms with Gasteiger partial charge in [0.05, 0.1) is 23.5 Å². The number of carbonyl (C=O) groups is 1. The van der Waals surface area contributed by atoms with Crippen molar-refractivity contribution in [3.63, 3.8) is 0 Å². The zero-order valence-corrected chi connectivity index (χ0v) is 13.8. The molecule has 0 aliphatic rings. The van der Waals surface area contributed by atoms with Crippen LogP contribution in [-0.4, -0.2) is 15.7 Å². The lowest BCUT2D eigenvalue weighted by molar-refractivity contribution is 0.0939. The molecule has 1 atom stereocenters. The Morgan fingerprint density at radius 1 is 1.12 bits per heavy atom. The number of benzene rings is 2. The van der Waals surface area contributed by atoms with Gasteiger partial charge in [-0.05, 0) is 43.7 Å². The molecule has 0 aliphatic heterocycles. The van der Waals surface area contributed by atoms with Crippen molar-refractivity contribution < 1.29 is 13.6 Å². The molecule has 3 aromatic rings. The molecule has 0 bridgehead atoms. The summed E-state index contributed by atoms with van der Waals surface area (Å²) in [5.74, 6) is -1.07. The van der Waals surface area contributed by atoms with Crippen LogP contribution in [-0.2, 0) is 0 Å². The van der Waals surface area contributed by atoms with Gasteiger partial charge in [0.15, 0.2) is 0 Å². The molecule has 2 aromatic carbocycles. The highest BCUT2D eigenvalue weighted by Crippen LogP contribution is 2.18. The summed E-state index contributed by atoms with van der Waals surface area (Å²) >= 11 is 0. The Morgan fingerprint density at radius 2 is 1.80 bits per heavy atom. The fourth-order valence-electron chi connectivity index (χ4n) is 2.61. The van der Waals surface area contributed by atoms with Gasteiger partial charge in [0, 0.05) is 0 Å². The highest BCUT2D eigenvalue weighted by molar-refractivity contribution is 5.95. The SMILES string of the molecule is Cc1c(C(=O)NC(C)c2ccc(F)cc2)cnn1-c1ccccc1F. The number of hydrogen-bond donors (Lipinski definition) is 1. The van der Waals surface area contributed by atoms with E-state index in [9.17, 15) is 13.6 Å². The Labute approximate surface area is 144 Å². The van der Waals surface area contributed by atoms with Crippen LogP contribution in [0.3, 0.4) is 0 Å². The van der Waals surface area contributed by atoms with Crippen molar-refractivity contribution in [2.75, 3.05) is 0 Å². The summed E-state index contributed by atoms with van der Waals surface area (Å²) in [6, 6.07) is 11.9. The highest BCUT2D eigenvalue weighted by Gasteiger charge is 2.18. The zero-order valence-electron chi connectivity index (χ0n) is 13.8. The summed E-state index contributed by atoms with van der Waals surface area (Å²) in [4.78, 5) is 12.5. The predicted octanol–water partition coefficient (Wildman–Crippen LogP) is 3.95. The van der Waals surface area contributed by atoms with Gasteiger partial charge in [-0.1, -0.05) is 24.3 Å². The van der Waals surface area contributed by atoms with Crippen LogP contribution < -0.4 is 5.32 Å². The molecular formula is C19H17F2N3O. The fraction of sp³-hybridized carbons (Fsp3) is 0.158. The van der Waals surface area contributed by atoms with Gasteiger partial charge in [-0.25, -0.2) is 13.5 Å². The van der Waals surface area contributed by atoms with E-state index in [0.29, 0.717) is 11.3 Å². The summed E-state index contributed by atoms with van der Waals surface area (Å²) in [5, 5.41) is 6.97. The molecule has 1 N–H and O–H groups in total. The Bertz CT molecular complexity index is 903. The van der Waals surface area contributed by atoms with Crippen LogP contribution in [0.25, 0.3) is 5.69 Å². The fourth-order valence-corrected chi connectivity index (χ4v) is 2.61. The van der Waals surface area contributed by atoms with Crippen molar-refractivity contribution in [1.82, 2.24) is 15.1 Å². The van der Waals surface area contributed by atoms with Crippen LogP contribution in [0.1, 0.15) is 34.6 Å². The first-order chi connectivity index (χ1) is 12.0. The summed E-state index contributed by atoms with van der Waals surface area (Å²) < 4.78 is 28.3. The Kier molecular flexibility index (Phi) is 4.61. The van der Waals surface area contributed by atoms with Gasteiger partial charge in [-0.15, -0.1) is 0 Å². The number of para-hydroxylation sites is 1. The molecule has 25 heavy (non-hydrogen) atoms. The second-order valence-electron chi connectivity index (χ2n) is 5.75. The number of rotatable bonds is 4. The third kappa shape index (κ3) is 3.42. The lowest BCUT2D eigenvalue weighted by Gasteiger charge is -2.14. The topological polar surface area (TPSA) is 46.9 Å². The molecule has 0 radical (unpaired) electrons. The second-order valence-corrected chi connectivity index (χ2v) is 5.75. The minimum absolute atomic E-state index is 0.283. The Hall–Kier alpha value is -3.02. The van der Waals surface area contributed by atoms with E-state index in [0.717, 1.165) is 5.56 Å². The number of hydrogen-bond acceptors (Lipinski definition) is 2. The molecule has 3 rings (SSSR count). The molecule has 0 aliphatic carbocycles. The summed E-state index contributed by atoms with van der Waals surface area (Å²) in [7, 11) is 0. The van der Waals surface area contributed by atoms with Gasteiger partial charge >= 0.3 is 0 Å². The number of carbonyl (C=O) groups excluding carboxylic acids is 1. The molecular weight excluding hydrogens is 324 g/mol. The Balaban J connectivity index is 1.82. The maximum absolute atomic E-state index is 13.9. The van der Waals surface area contributed by atoms with Crippen LogP contribution in [0.2, 0.25) is 0 Å². The first kappa shape index (κ1) is 16.8. The number of halogens is 2. The van der Waals surface area contributed by atoms with Crippen LogP contribution in [0.4, 0.5) is 8.78 Å². The minimum atomic E-state index is -0.416. The summed E-state index contributed by atoms with van der Waals surface area (Å²) in [6.45, 7) is 3.51. The molecule has 1 unspecified atom stereocenters. The maximum Gasteiger partial charge on any atom is 0.255 e. The van der Waals surface area contributed by atoms with E-state index in [-0.39, 0.29) is 23.5 Å². The molecule has 0 spiro atoms. The van der Waals surface area contributed by atoms with Crippen molar-refractivity contribution in [2.45, 2.75) is 19.9 Å². The molecule has 0 fully saturated rings. The van der Waals surface area contributed by atoms with E-state index < -0.39 is 5.82 Å². The lowest BCUT2D eigenvalue weighted by Crippen LogP contribution is -2.27. The van der Waals surface area contributed by atoms with Crippen molar-refractivity contribution in [1.29, 1.82) is 0 Å². The third-order valence-corrected chi connectivity index (χ3v) is 4.05. The smallest absolute Gasteiger partial charge is 0.255 e. The average molecular weight is 341 g/mol. The highest BCUT2D eigenvalue weighted by atomic mass is 19.1. The van der Waals surface area contributed by atoms with Crippen molar-refractivity contribution >= 4 is 5.91 Å². The van der Waals surface area contributed by atoms with Crippen LogP contribution in [0, 0.1) is 18.6 Å². The normalized spacial score (nSPS) is 12.0. The van der Waals surface area contributed by atoms with Crippen LogP contribution in [0.15, 0.2) is 54.7 Å². The number of amides is 1. The van der Waals surface area contributed by atoms with Crippen LogP contribution >= 0.6 is 0 Å². The van der Waals surface area contributed by atoms with Gasteiger partial charge in [0.1, 0.15) is 17.3 Å². The van der Waals surface area contributed by atoms with E-state index in [1.165, 1.54) is 29.1 Å². The molecule has 1 aromatic heterocycles. The van der Waals surface area contributed by atoms with Gasteiger partial charge in [0.2, 0.25) is 0 Å². The van der Waals surface area contributed by atoms with Crippen molar-refractivity contribution in [3.8, 4) is 5.69 Å². The first-order valence-electron chi connectivity index (χ1n) is 7.83. The zero-order chi connectivity index (χ0) is 18.0. The first-order valence-corrected chi connectivity index (χ1v) is 7.83. The molecule has 128 valence electrons. The van der Waals surface area contributed by atoms with Crippen LogP contribution in [0.5, 0.6) is 0 Å². The molecule has 1 heterocycles. The standard InChI is InChI=1S/C19H17F2N3O/c1-12(14-7-9-15(20)10-8-14)23-19(25)16-11-22-24(13(16)2)18-6-4-3-5-17(18)21/h3-12H,1-2H3,(H,23,25). The van der Waals surface area contributed by atoms with E-state index >= 15 is 0 Å². The lowest BCUT2D eigenvalue weighted by atomic mass is 10.1. The maximum atomic E-state index is 13.9. The van der Waals surface area contributed by atoms with Crippen molar-refractivity contribution in [2.24, 2.45) is 0 Å². The molecule has 4 nitrogen and oxygen atoms in total. The largest absolute Gasteiger partial charge is 0.345 e. The van der Waals surface area contributed by atoms with E-state index in [4.69, 9.17) is 0 Å². The molecule has 6 heteroatoms. The average Bonchev–Trinajstić information content (AvgIpc) is 2.97. The molecule has 0 saturated carbocycles. The van der Waals surface area contributed by atoms with Gasteiger partial charge in [-0.2, -0.15) is 5.10 Å². The third-order valence-electron chi connectivity index (χ3n) is 4.05. The Morgan fingerprint density at radius 3 is 2.48 bits per heavy atom. The monoisotopic (exact) mass is 341 g/mol. The van der Waals surface area contributed by atoms with E-state index in [1.807, 2.05) is 6.92 Å². The molecule has 1 amide bonds. The summed E-state index contributed by atoms with van der Waals surface area (Å²) in [5.41, 5.74) is 1.96. The number of nitrogens with zero attached hydrogens (tertiary/aromatic N) is 2. The van der Waals surface area contributed by atoms with Crippen molar-refractivity contribution in [3.05, 3.63) is 83.2 Å². The molecule has 0 saturated heterocycles. The predicted molar refractivity (Wildman–Crippen MR) is 90.5 cm³/mol. The van der Waals surface area contributed by atoms with E-state index in [1.54, 1.807) is 37.3 Å². The summed E-state index contributed by atoms with van der Waals surface area (Å²) in [6.07, 6.45) is 1.41. The van der Waals surface area contributed by atoms with Gasteiger partial charge < -0.3 is 5.32 Å². The minimum Gasteiger partial charge on any atom is -0.345 e. The van der Waals surface area contributed by atoms with E-state index in [2.05, 4.69) is 10.4 Å². The van der Waals surface area contributed by atoms with Gasteiger partial charge in [0.25, 0.3) is 5.91 Å². The quantitative estimate of drug-likeness (QED) is 0.781. The van der Waals surface area contributed by atoms with Gasteiger partial charge in [-0.3, -0.25) is 4.79 Å². The second kappa shape index (κ2) is 6.84. The number of aromatic nitrogens is 2.